The predicted octanol–water partition coefficient (Wildman–Crippen LogP) is 4.94. The Bertz CT molecular complexity index is 478. The molecule has 2 aliphatic carbocycles. The van der Waals surface area contributed by atoms with E-state index in [4.69, 9.17) is 0 Å². The second-order valence-electron chi connectivity index (χ2n) is 6.67. The molecule has 0 heterocycles. The van der Waals surface area contributed by atoms with Crippen LogP contribution in [0.3, 0.4) is 0 Å². The smallest absolute Gasteiger partial charge is 0.137 e. The summed E-state index contributed by atoms with van der Waals surface area (Å²) < 4.78 is 14.4. The highest BCUT2D eigenvalue weighted by molar-refractivity contribution is 9.10. The van der Waals surface area contributed by atoms with Crippen molar-refractivity contribution in [3.63, 3.8) is 0 Å². The normalized spacial score (nSPS) is 29.0. The Kier molecular flexibility index (Phi) is 5.00. The molecule has 1 aromatic carbocycles. The molecule has 3 heteroatoms. The minimum absolute atomic E-state index is 0.144. The summed E-state index contributed by atoms with van der Waals surface area (Å²) in [6.07, 6.45) is 7.72. The van der Waals surface area contributed by atoms with Crippen LogP contribution in [0.1, 0.15) is 44.6 Å². The first-order valence-electron chi connectivity index (χ1n) is 8.38. The van der Waals surface area contributed by atoms with Crippen LogP contribution in [0.15, 0.2) is 22.7 Å². The first-order valence-corrected chi connectivity index (χ1v) is 9.18. The number of halogens is 2. The average molecular weight is 354 g/mol. The summed E-state index contributed by atoms with van der Waals surface area (Å²) in [5.74, 6) is 2.53. The first-order chi connectivity index (χ1) is 10.2. The third kappa shape index (κ3) is 3.34. The van der Waals surface area contributed by atoms with Gasteiger partial charge in [0.15, 0.2) is 0 Å². The number of benzene rings is 1. The van der Waals surface area contributed by atoms with Crippen molar-refractivity contribution < 1.29 is 4.39 Å². The molecule has 2 fully saturated rings. The van der Waals surface area contributed by atoms with E-state index in [1.165, 1.54) is 31.7 Å². The molecule has 0 saturated heterocycles. The molecule has 0 bridgehead atoms. The molecule has 3 atom stereocenters. The van der Waals surface area contributed by atoms with E-state index >= 15 is 0 Å². The number of nitrogens with one attached hydrogen (secondary N) is 1. The summed E-state index contributed by atoms with van der Waals surface area (Å²) in [7, 11) is 0. The Balaban J connectivity index is 1.72. The zero-order chi connectivity index (χ0) is 14.8. The fourth-order valence-corrected chi connectivity index (χ4v) is 4.69. The highest BCUT2D eigenvalue weighted by Crippen LogP contribution is 2.57. The van der Waals surface area contributed by atoms with Crippen LogP contribution in [-0.2, 0) is 6.42 Å². The molecule has 0 aromatic heterocycles. The van der Waals surface area contributed by atoms with Gasteiger partial charge in [0.1, 0.15) is 5.82 Å². The van der Waals surface area contributed by atoms with E-state index in [0.29, 0.717) is 10.5 Å². The zero-order valence-corrected chi connectivity index (χ0v) is 14.3. The molecule has 1 N–H and O–H groups in total. The quantitative estimate of drug-likeness (QED) is 0.763. The Hall–Kier alpha value is -0.410. The van der Waals surface area contributed by atoms with Crippen molar-refractivity contribution in [1.82, 2.24) is 5.32 Å². The van der Waals surface area contributed by atoms with E-state index in [1.807, 2.05) is 6.07 Å². The van der Waals surface area contributed by atoms with Gasteiger partial charge in [-0.05, 0) is 77.5 Å². The van der Waals surface area contributed by atoms with Crippen LogP contribution >= 0.6 is 15.9 Å². The third-order valence-corrected chi connectivity index (χ3v) is 6.20. The number of fused-ring (bicyclic) bond motifs is 1. The predicted molar refractivity (Wildman–Crippen MR) is 88.8 cm³/mol. The van der Waals surface area contributed by atoms with Crippen LogP contribution in [0.4, 0.5) is 4.39 Å². The van der Waals surface area contributed by atoms with E-state index in [-0.39, 0.29) is 5.82 Å². The minimum atomic E-state index is -0.144. The van der Waals surface area contributed by atoms with Gasteiger partial charge in [0, 0.05) is 6.04 Å². The lowest BCUT2D eigenvalue weighted by molar-refractivity contribution is 0.426. The molecule has 0 amide bonds. The summed E-state index contributed by atoms with van der Waals surface area (Å²) in [4.78, 5) is 0. The van der Waals surface area contributed by atoms with Crippen LogP contribution in [0.5, 0.6) is 0 Å². The van der Waals surface area contributed by atoms with Crippen LogP contribution in [0, 0.1) is 23.6 Å². The molecule has 1 nitrogen and oxygen atoms in total. The Labute approximate surface area is 135 Å². The van der Waals surface area contributed by atoms with Gasteiger partial charge in [0.25, 0.3) is 0 Å². The van der Waals surface area contributed by atoms with E-state index in [0.717, 1.165) is 42.7 Å². The summed E-state index contributed by atoms with van der Waals surface area (Å²) in [6, 6.07) is 5.92. The van der Waals surface area contributed by atoms with Gasteiger partial charge >= 0.3 is 0 Å². The van der Waals surface area contributed by atoms with Crippen LogP contribution in [-0.4, -0.2) is 12.6 Å². The Morgan fingerprint density at radius 3 is 2.67 bits per heavy atom. The molecule has 116 valence electrons. The van der Waals surface area contributed by atoms with Crippen molar-refractivity contribution in [2.75, 3.05) is 6.54 Å². The summed E-state index contributed by atoms with van der Waals surface area (Å²) in [5, 5.41) is 3.74. The van der Waals surface area contributed by atoms with Crippen molar-refractivity contribution in [3.05, 3.63) is 34.1 Å². The number of hydrogen-bond acceptors (Lipinski definition) is 1. The first kappa shape index (κ1) is 15.5. The lowest BCUT2D eigenvalue weighted by Crippen LogP contribution is -2.35. The lowest BCUT2D eigenvalue weighted by atomic mass is 9.99. The number of rotatable bonds is 6. The van der Waals surface area contributed by atoms with Gasteiger partial charge in [0.05, 0.1) is 4.47 Å². The van der Waals surface area contributed by atoms with E-state index in [1.54, 1.807) is 0 Å². The molecule has 2 saturated carbocycles. The summed E-state index contributed by atoms with van der Waals surface area (Å²) >= 11 is 3.42. The van der Waals surface area contributed by atoms with Gasteiger partial charge in [-0.3, -0.25) is 0 Å². The van der Waals surface area contributed by atoms with Crippen molar-refractivity contribution in [2.45, 2.75) is 51.5 Å². The highest BCUT2D eigenvalue weighted by Gasteiger charge is 2.53. The fourth-order valence-electron chi connectivity index (χ4n) is 4.26. The van der Waals surface area contributed by atoms with Gasteiger partial charge in [-0.1, -0.05) is 31.9 Å². The molecular weight excluding hydrogens is 329 g/mol. The van der Waals surface area contributed by atoms with E-state index in [9.17, 15) is 4.39 Å². The van der Waals surface area contributed by atoms with Gasteiger partial charge in [-0.15, -0.1) is 0 Å². The molecule has 0 spiro atoms. The molecular formula is C18H25BrFN. The van der Waals surface area contributed by atoms with Gasteiger partial charge < -0.3 is 5.32 Å². The maximum atomic E-state index is 13.7. The maximum Gasteiger partial charge on any atom is 0.137 e. The summed E-state index contributed by atoms with van der Waals surface area (Å²) in [6.45, 7) is 3.27. The van der Waals surface area contributed by atoms with E-state index in [2.05, 4.69) is 34.2 Å². The molecule has 3 unspecified atom stereocenters. The summed E-state index contributed by atoms with van der Waals surface area (Å²) in [5.41, 5.74) is 1.10. The van der Waals surface area contributed by atoms with Gasteiger partial charge in [-0.2, -0.15) is 0 Å². The highest BCUT2D eigenvalue weighted by atomic mass is 79.9. The van der Waals surface area contributed by atoms with Crippen LogP contribution < -0.4 is 5.32 Å². The van der Waals surface area contributed by atoms with Crippen LogP contribution in [0.2, 0.25) is 0 Å². The third-order valence-electron chi connectivity index (χ3n) is 5.32. The van der Waals surface area contributed by atoms with Crippen molar-refractivity contribution in [3.8, 4) is 0 Å². The monoisotopic (exact) mass is 353 g/mol. The molecule has 0 radical (unpaired) electrons. The molecule has 3 rings (SSSR count). The number of hydrogen-bond donors (Lipinski definition) is 1. The molecule has 2 aliphatic rings. The topological polar surface area (TPSA) is 12.0 Å². The van der Waals surface area contributed by atoms with Gasteiger partial charge in [-0.25, -0.2) is 4.39 Å². The Morgan fingerprint density at radius 2 is 2.00 bits per heavy atom. The van der Waals surface area contributed by atoms with Gasteiger partial charge in [0.2, 0.25) is 0 Å². The second-order valence-corrected chi connectivity index (χ2v) is 7.46. The lowest BCUT2D eigenvalue weighted by Gasteiger charge is -2.20. The average Bonchev–Trinajstić information content (AvgIpc) is 3.22. The fraction of sp³-hybridized carbons (Fsp3) is 0.667. The Morgan fingerprint density at radius 1 is 1.29 bits per heavy atom. The standard InChI is InChI=1S/C18H25BrFN/c1-2-10-21-16(17-13-7-3-4-8-14(13)17)11-12-6-5-9-15(20)18(12)19/h5-6,9,13-14,16-17,21H,2-4,7-8,10-11H2,1H3. The molecule has 0 aliphatic heterocycles. The maximum absolute atomic E-state index is 13.7. The zero-order valence-electron chi connectivity index (χ0n) is 12.7. The van der Waals surface area contributed by atoms with E-state index < -0.39 is 0 Å². The second kappa shape index (κ2) is 6.78. The molecule has 1 aromatic rings. The largest absolute Gasteiger partial charge is 0.313 e. The minimum Gasteiger partial charge on any atom is -0.313 e. The van der Waals surface area contributed by atoms with Crippen LogP contribution in [0.25, 0.3) is 0 Å². The SMILES string of the molecule is CCCNC(Cc1cccc(F)c1Br)C1C2CCCCC21. The van der Waals surface area contributed by atoms with Crippen molar-refractivity contribution >= 4 is 15.9 Å². The van der Waals surface area contributed by atoms with Crippen molar-refractivity contribution in [1.29, 1.82) is 0 Å². The molecule has 21 heavy (non-hydrogen) atoms. The van der Waals surface area contributed by atoms with Crippen molar-refractivity contribution in [2.24, 2.45) is 17.8 Å².